The summed E-state index contributed by atoms with van der Waals surface area (Å²) in [6.07, 6.45) is 5.12. The summed E-state index contributed by atoms with van der Waals surface area (Å²) in [5, 5.41) is 0.954. The molecule has 3 aliphatic rings. The number of carbonyl (C=O) groups excluding carboxylic acids is 2. The minimum atomic E-state index is -1.08. The van der Waals surface area contributed by atoms with Gasteiger partial charge in [0.05, 0.1) is 17.0 Å². The number of hydrogen-bond donors (Lipinski definition) is 0. The van der Waals surface area contributed by atoms with Crippen LogP contribution in [0.1, 0.15) is 54.6 Å². The maximum absolute atomic E-state index is 14.2. The number of benzene rings is 2. The minimum Gasteiger partial charge on any atom is -0.293 e. The second-order valence-electron chi connectivity index (χ2n) is 8.74. The van der Waals surface area contributed by atoms with Gasteiger partial charge in [-0.2, -0.15) is 0 Å². The third-order valence-corrected chi connectivity index (χ3v) is 7.70. The van der Waals surface area contributed by atoms with E-state index in [2.05, 4.69) is 4.98 Å². The minimum absolute atomic E-state index is 0.102. The zero-order chi connectivity index (χ0) is 23.2. The van der Waals surface area contributed by atoms with Crippen molar-refractivity contribution >= 4 is 40.3 Å². The fraction of sp³-hybridized carbons (Fsp3) is 0.0714. The average Bonchev–Trinajstić information content (AvgIpc) is 3.29. The van der Waals surface area contributed by atoms with Gasteiger partial charge in [0.15, 0.2) is 11.6 Å². The Morgan fingerprint density at radius 3 is 2.35 bits per heavy atom. The third kappa shape index (κ3) is 2.25. The summed E-state index contributed by atoms with van der Waals surface area (Å²) in [5.74, 6) is -0.949. The van der Waals surface area contributed by atoms with E-state index < -0.39 is 11.3 Å². The smallest absolute Gasteiger partial charge is 0.191 e. The second kappa shape index (κ2) is 6.72. The first-order valence-electron chi connectivity index (χ1n) is 10.8. The molecule has 0 fully saturated rings. The number of nitrogens with zero attached hydrogens (tertiary/aromatic N) is 2. The van der Waals surface area contributed by atoms with E-state index in [1.165, 1.54) is 0 Å². The predicted molar refractivity (Wildman–Crippen MR) is 130 cm³/mol. The predicted octanol–water partition coefficient (Wildman–Crippen LogP) is 6.06. The van der Waals surface area contributed by atoms with E-state index in [0.29, 0.717) is 32.4 Å². The van der Waals surface area contributed by atoms with Crippen LogP contribution < -0.4 is 0 Å². The van der Waals surface area contributed by atoms with E-state index in [1.807, 2.05) is 36.4 Å². The van der Waals surface area contributed by atoms with E-state index >= 15 is 0 Å². The normalized spacial score (nSPS) is 21.6. The van der Waals surface area contributed by atoms with Gasteiger partial charge in [-0.15, -0.1) is 0 Å². The molecule has 2 unspecified atom stereocenters. The number of halogens is 2. The summed E-state index contributed by atoms with van der Waals surface area (Å²) in [6, 6.07) is 18.2. The molecular formula is C28H14Cl2N2O2. The van der Waals surface area contributed by atoms with Crippen molar-refractivity contribution in [3.63, 3.8) is 0 Å². The Kier molecular flexibility index (Phi) is 3.92. The van der Waals surface area contributed by atoms with Crippen molar-refractivity contribution in [2.24, 2.45) is 0 Å². The summed E-state index contributed by atoms with van der Waals surface area (Å²) in [5.41, 5.74) is 5.09. The third-order valence-electron chi connectivity index (χ3n) is 7.23. The molecule has 0 radical (unpaired) electrons. The zero-order valence-corrected chi connectivity index (χ0v) is 19.1. The van der Waals surface area contributed by atoms with Crippen LogP contribution in [-0.2, 0) is 5.41 Å². The molecule has 2 aromatic heterocycles. The fourth-order valence-electron chi connectivity index (χ4n) is 6.06. The van der Waals surface area contributed by atoms with Crippen molar-refractivity contribution in [3.05, 3.63) is 134 Å². The van der Waals surface area contributed by atoms with E-state index in [-0.39, 0.29) is 11.6 Å². The molecule has 0 saturated carbocycles. The summed E-state index contributed by atoms with van der Waals surface area (Å²) < 4.78 is 0. The molecule has 162 valence electrons. The number of Topliss-reactive ketones (excluding diaryl/α,β-unsaturated/α-hetero) is 2. The Bertz CT molecular complexity index is 1630. The number of aromatic nitrogens is 2. The van der Waals surface area contributed by atoms with Gasteiger partial charge < -0.3 is 0 Å². The summed E-state index contributed by atoms with van der Waals surface area (Å²) in [7, 11) is 0. The molecule has 0 saturated heterocycles. The van der Waals surface area contributed by atoms with Crippen molar-refractivity contribution in [2.75, 3.05) is 0 Å². The molecule has 3 aliphatic carbocycles. The Morgan fingerprint density at radius 1 is 0.794 bits per heavy atom. The van der Waals surface area contributed by atoms with Gasteiger partial charge in [0.25, 0.3) is 0 Å². The summed E-state index contributed by atoms with van der Waals surface area (Å²) in [4.78, 5) is 37.4. The number of carbonyl (C=O) groups is 2. The van der Waals surface area contributed by atoms with Crippen molar-refractivity contribution in [2.45, 2.75) is 11.3 Å². The van der Waals surface area contributed by atoms with Crippen molar-refractivity contribution < 1.29 is 9.59 Å². The topological polar surface area (TPSA) is 59.9 Å². The Labute approximate surface area is 204 Å². The highest BCUT2D eigenvalue weighted by atomic mass is 35.5. The molecule has 0 spiro atoms. The molecule has 0 amide bonds. The Morgan fingerprint density at radius 2 is 1.56 bits per heavy atom. The molecule has 2 aromatic carbocycles. The van der Waals surface area contributed by atoms with Crippen LogP contribution in [0.5, 0.6) is 0 Å². The SMILES string of the molecule is O=C1C2=C(c3ccc(Cl)cc31)c1cccnc1C1C(=O)c3cc(Cl)ccc3C21c1cccnc1. The molecule has 6 heteroatoms. The molecule has 7 rings (SSSR count). The van der Waals surface area contributed by atoms with E-state index in [0.717, 1.165) is 27.8 Å². The van der Waals surface area contributed by atoms with Gasteiger partial charge in [0.1, 0.15) is 0 Å². The van der Waals surface area contributed by atoms with Crippen LogP contribution in [0, 0.1) is 0 Å². The first-order chi connectivity index (χ1) is 16.5. The molecule has 34 heavy (non-hydrogen) atoms. The molecule has 0 N–H and O–H groups in total. The van der Waals surface area contributed by atoms with E-state index in [4.69, 9.17) is 28.2 Å². The van der Waals surface area contributed by atoms with Gasteiger partial charge in [-0.25, -0.2) is 0 Å². The molecule has 0 bridgehead atoms. The van der Waals surface area contributed by atoms with Crippen LogP contribution >= 0.6 is 23.2 Å². The van der Waals surface area contributed by atoms with E-state index in [1.54, 1.807) is 42.9 Å². The highest BCUT2D eigenvalue weighted by Gasteiger charge is 2.63. The largest absolute Gasteiger partial charge is 0.293 e. The molecule has 2 atom stereocenters. The zero-order valence-electron chi connectivity index (χ0n) is 17.5. The summed E-state index contributed by atoms with van der Waals surface area (Å²) in [6.45, 7) is 0. The molecule has 0 aliphatic heterocycles. The Balaban J connectivity index is 1.71. The number of rotatable bonds is 1. The highest BCUT2D eigenvalue weighted by molar-refractivity contribution is 6.34. The number of fused-ring (bicyclic) bond motifs is 9. The van der Waals surface area contributed by atoms with Crippen LogP contribution in [0.3, 0.4) is 0 Å². The van der Waals surface area contributed by atoms with Crippen LogP contribution in [0.25, 0.3) is 5.57 Å². The summed E-state index contributed by atoms with van der Waals surface area (Å²) >= 11 is 12.6. The molecule has 4 aromatic rings. The lowest BCUT2D eigenvalue weighted by molar-refractivity contribution is 0.0947. The number of allylic oxidation sites excluding steroid dienone is 1. The number of ketones is 2. The first-order valence-corrected chi connectivity index (χ1v) is 11.6. The maximum atomic E-state index is 14.2. The standard InChI is InChI=1S/C28H14Cl2N2O2/c29-15-5-7-17-19(11-15)26(33)23-22(17)18-4-2-10-32-25(18)24-27(34)20-12-16(30)6-8-21(20)28(23,24)14-3-1-9-31-13-14/h1-13,24H. The van der Waals surface area contributed by atoms with Crippen LogP contribution in [0.2, 0.25) is 10.0 Å². The van der Waals surface area contributed by atoms with Gasteiger partial charge in [0.2, 0.25) is 0 Å². The lowest BCUT2D eigenvalue weighted by atomic mass is 9.59. The van der Waals surface area contributed by atoms with Crippen LogP contribution in [0.15, 0.2) is 84.8 Å². The van der Waals surface area contributed by atoms with Crippen LogP contribution in [-0.4, -0.2) is 21.5 Å². The number of hydrogen-bond acceptors (Lipinski definition) is 4. The van der Waals surface area contributed by atoms with Crippen molar-refractivity contribution in [3.8, 4) is 0 Å². The first kappa shape index (κ1) is 19.8. The lowest BCUT2D eigenvalue weighted by Gasteiger charge is -2.41. The number of pyridine rings is 2. The van der Waals surface area contributed by atoms with Gasteiger partial charge in [-0.3, -0.25) is 19.6 Å². The van der Waals surface area contributed by atoms with Gasteiger partial charge in [-0.05, 0) is 58.7 Å². The maximum Gasteiger partial charge on any atom is 0.191 e. The van der Waals surface area contributed by atoms with Crippen LogP contribution in [0.4, 0.5) is 0 Å². The monoisotopic (exact) mass is 480 g/mol. The highest BCUT2D eigenvalue weighted by Crippen LogP contribution is 2.64. The van der Waals surface area contributed by atoms with Gasteiger partial charge in [-0.1, -0.05) is 47.5 Å². The average molecular weight is 481 g/mol. The van der Waals surface area contributed by atoms with Crippen molar-refractivity contribution in [1.82, 2.24) is 9.97 Å². The molecule has 4 nitrogen and oxygen atoms in total. The van der Waals surface area contributed by atoms with Crippen molar-refractivity contribution in [1.29, 1.82) is 0 Å². The second-order valence-corrected chi connectivity index (χ2v) is 9.61. The molecular weight excluding hydrogens is 467 g/mol. The van der Waals surface area contributed by atoms with E-state index in [9.17, 15) is 9.59 Å². The van der Waals surface area contributed by atoms with Gasteiger partial charge in [0, 0.05) is 50.9 Å². The fourth-order valence-corrected chi connectivity index (χ4v) is 6.41. The lowest BCUT2D eigenvalue weighted by Crippen LogP contribution is -2.41. The Hall–Kier alpha value is -3.60. The van der Waals surface area contributed by atoms with Gasteiger partial charge >= 0.3 is 0 Å². The quantitative estimate of drug-likeness (QED) is 0.332. The molecule has 2 heterocycles.